The van der Waals surface area contributed by atoms with E-state index in [1.807, 2.05) is 0 Å². The average molecular weight is 351 g/mol. The van der Waals surface area contributed by atoms with E-state index in [1.54, 1.807) is 0 Å². The Morgan fingerprint density at radius 1 is 1.31 bits per heavy atom. The minimum atomic E-state index is -0.569. The first-order valence-corrected chi connectivity index (χ1v) is 7.18. The molecule has 0 nitrogen and oxygen atoms in total. The summed E-state index contributed by atoms with van der Waals surface area (Å²) in [7, 11) is 0. The van der Waals surface area contributed by atoms with Crippen molar-refractivity contribution in [2.45, 2.75) is 23.6 Å². The van der Waals surface area contributed by atoms with Gasteiger partial charge in [-0.05, 0) is 19.3 Å². The summed E-state index contributed by atoms with van der Waals surface area (Å²) in [5.41, 5.74) is 1.14. The summed E-state index contributed by atoms with van der Waals surface area (Å²) in [6, 6.07) is 0. The molecule has 0 N–H and O–H groups in total. The van der Waals surface area contributed by atoms with Crippen LogP contribution in [0, 0.1) is 5.41 Å². The fourth-order valence-corrected chi connectivity index (χ4v) is 3.75. The molecule has 0 aromatic heterocycles. The number of hydrogen-bond acceptors (Lipinski definition) is 0. The fraction of sp³-hybridized carbons (Fsp3) is 0.778. The Balaban J connectivity index is 2.66. The van der Waals surface area contributed by atoms with Crippen LogP contribution < -0.4 is 0 Å². The van der Waals surface area contributed by atoms with Crippen molar-refractivity contribution in [2.75, 3.05) is 10.7 Å². The molecule has 0 saturated heterocycles. The Labute approximate surface area is 106 Å². The molecule has 0 aromatic rings. The van der Waals surface area contributed by atoms with Gasteiger partial charge < -0.3 is 0 Å². The summed E-state index contributed by atoms with van der Waals surface area (Å²) in [5, 5.41) is 1.86. The molecule has 1 saturated carbocycles. The van der Waals surface area contributed by atoms with Gasteiger partial charge >= 0.3 is 0 Å². The highest BCUT2D eigenvalue weighted by Crippen LogP contribution is 2.70. The lowest BCUT2D eigenvalue weighted by atomic mass is 9.92. The zero-order chi connectivity index (χ0) is 10.1. The van der Waals surface area contributed by atoms with Crippen LogP contribution in [0.5, 0.6) is 0 Å². The Kier molecular flexibility index (Phi) is 4.20. The molecule has 76 valence electrons. The van der Waals surface area contributed by atoms with Crippen LogP contribution in [0.25, 0.3) is 0 Å². The number of hydrogen-bond donors (Lipinski definition) is 0. The first-order valence-electron chi connectivity index (χ1n) is 4.18. The molecule has 0 aliphatic heterocycles. The van der Waals surface area contributed by atoms with Crippen LogP contribution in [-0.2, 0) is 0 Å². The van der Waals surface area contributed by atoms with Gasteiger partial charge in [-0.1, -0.05) is 44.0 Å². The minimum Gasteiger partial charge on any atom is -0.101 e. The van der Waals surface area contributed by atoms with Gasteiger partial charge in [-0.3, -0.25) is 0 Å². The first kappa shape index (κ1) is 12.4. The zero-order valence-electron chi connectivity index (χ0n) is 7.25. The summed E-state index contributed by atoms with van der Waals surface area (Å²) in [6.07, 6.45) is 2.78. The third-order valence-corrected chi connectivity index (χ3v) is 4.48. The van der Waals surface area contributed by atoms with Gasteiger partial charge in [-0.2, -0.15) is 0 Å². The lowest BCUT2D eigenvalue weighted by Crippen LogP contribution is -2.13. The maximum Gasteiger partial charge on any atom is 0.128 e. The maximum absolute atomic E-state index is 6.14. The molecule has 0 heterocycles. The van der Waals surface area contributed by atoms with Crippen molar-refractivity contribution in [3.8, 4) is 0 Å². The SMILES string of the molecule is C=C(CCBr)C1(CCBr)CC1(Cl)Cl. The highest BCUT2D eigenvalue weighted by atomic mass is 79.9. The molecular formula is C9H12Br2Cl2. The average Bonchev–Trinajstić information content (AvgIpc) is 2.56. The molecule has 0 aromatic carbocycles. The van der Waals surface area contributed by atoms with Crippen molar-refractivity contribution in [1.82, 2.24) is 0 Å². The van der Waals surface area contributed by atoms with Crippen LogP contribution in [0.1, 0.15) is 19.3 Å². The standard InChI is InChI=1S/C9H12Br2Cl2/c1-7(2-4-10)8(3-5-11)6-9(8,12)13/h1-6H2. The largest absolute Gasteiger partial charge is 0.128 e. The maximum atomic E-state index is 6.14. The van der Waals surface area contributed by atoms with E-state index in [9.17, 15) is 0 Å². The summed E-state index contributed by atoms with van der Waals surface area (Å²) >= 11 is 19.1. The van der Waals surface area contributed by atoms with Crippen LogP contribution in [0.3, 0.4) is 0 Å². The third-order valence-electron chi connectivity index (χ3n) is 2.69. The molecule has 0 spiro atoms. The van der Waals surface area contributed by atoms with Crippen molar-refractivity contribution >= 4 is 55.1 Å². The van der Waals surface area contributed by atoms with Crippen LogP contribution in [0.15, 0.2) is 12.2 Å². The molecule has 1 rings (SSSR count). The van der Waals surface area contributed by atoms with E-state index in [1.165, 1.54) is 5.57 Å². The lowest BCUT2D eigenvalue weighted by Gasteiger charge is -2.19. The molecule has 1 unspecified atom stereocenters. The monoisotopic (exact) mass is 348 g/mol. The topological polar surface area (TPSA) is 0 Å². The van der Waals surface area contributed by atoms with Gasteiger partial charge in [0, 0.05) is 16.1 Å². The second kappa shape index (κ2) is 4.42. The molecule has 1 atom stereocenters. The Bertz CT molecular complexity index is 216. The van der Waals surface area contributed by atoms with Crippen LogP contribution in [-0.4, -0.2) is 15.0 Å². The normalized spacial score (nSPS) is 30.2. The van der Waals surface area contributed by atoms with Gasteiger partial charge in [0.1, 0.15) is 4.33 Å². The molecule has 1 aliphatic rings. The van der Waals surface area contributed by atoms with E-state index in [2.05, 4.69) is 38.4 Å². The number of halogens is 4. The Morgan fingerprint density at radius 3 is 2.15 bits per heavy atom. The second-order valence-corrected chi connectivity index (χ2v) is 6.51. The van der Waals surface area contributed by atoms with E-state index in [0.717, 1.165) is 29.9 Å². The predicted octanol–water partition coefficient (Wildman–Crippen LogP) is 4.68. The molecule has 1 aliphatic carbocycles. The number of alkyl halides is 4. The van der Waals surface area contributed by atoms with E-state index >= 15 is 0 Å². The Morgan fingerprint density at radius 2 is 1.85 bits per heavy atom. The van der Waals surface area contributed by atoms with Crippen molar-refractivity contribution in [3.63, 3.8) is 0 Å². The molecule has 13 heavy (non-hydrogen) atoms. The van der Waals surface area contributed by atoms with Crippen LogP contribution >= 0.6 is 55.1 Å². The summed E-state index contributed by atoms with van der Waals surface area (Å²) < 4.78 is -0.569. The zero-order valence-corrected chi connectivity index (χ0v) is 11.9. The van der Waals surface area contributed by atoms with E-state index < -0.39 is 4.33 Å². The second-order valence-electron chi connectivity index (χ2n) is 3.44. The van der Waals surface area contributed by atoms with E-state index in [-0.39, 0.29) is 5.41 Å². The summed E-state index contributed by atoms with van der Waals surface area (Å²) in [6.45, 7) is 4.07. The quantitative estimate of drug-likeness (QED) is 0.499. The smallest absolute Gasteiger partial charge is 0.101 e. The van der Waals surface area contributed by atoms with Gasteiger partial charge in [0.25, 0.3) is 0 Å². The summed E-state index contributed by atoms with van der Waals surface area (Å²) in [5.74, 6) is 0. The molecule has 0 radical (unpaired) electrons. The molecule has 1 fully saturated rings. The highest BCUT2D eigenvalue weighted by molar-refractivity contribution is 9.09. The molecular weight excluding hydrogens is 339 g/mol. The van der Waals surface area contributed by atoms with E-state index in [0.29, 0.717) is 0 Å². The van der Waals surface area contributed by atoms with Crippen molar-refractivity contribution in [1.29, 1.82) is 0 Å². The highest BCUT2D eigenvalue weighted by Gasteiger charge is 2.66. The lowest BCUT2D eigenvalue weighted by molar-refractivity contribution is 0.567. The van der Waals surface area contributed by atoms with Gasteiger partial charge in [0.2, 0.25) is 0 Å². The van der Waals surface area contributed by atoms with Crippen LogP contribution in [0.2, 0.25) is 0 Å². The predicted molar refractivity (Wildman–Crippen MR) is 67.4 cm³/mol. The Hall–Kier alpha value is 1.28. The van der Waals surface area contributed by atoms with Gasteiger partial charge in [-0.15, -0.1) is 23.2 Å². The van der Waals surface area contributed by atoms with Gasteiger partial charge in [-0.25, -0.2) is 0 Å². The first-order chi connectivity index (χ1) is 6.00. The minimum absolute atomic E-state index is 0.0343. The van der Waals surface area contributed by atoms with Crippen molar-refractivity contribution in [3.05, 3.63) is 12.2 Å². The van der Waals surface area contributed by atoms with Gasteiger partial charge in [0.15, 0.2) is 0 Å². The van der Waals surface area contributed by atoms with Crippen molar-refractivity contribution < 1.29 is 0 Å². The van der Waals surface area contributed by atoms with Gasteiger partial charge in [0.05, 0.1) is 0 Å². The molecule has 4 heteroatoms. The fourth-order valence-electron chi connectivity index (χ4n) is 1.68. The van der Waals surface area contributed by atoms with E-state index in [4.69, 9.17) is 23.2 Å². The molecule has 0 amide bonds. The third kappa shape index (κ3) is 2.27. The van der Waals surface area contributed by atoms with Crippen LogP contribution in [0.4, 0.5) is 0 Å². The molecule has 0 bridgehead atoms. The summed E-state index contributed by atoms with van der Waals surface area (Å²) in [4.78, 5) is 0. The number of allylic oxidation sites excluding steroid dienone is 1. The number of rotatable bonds is 5. The van der Waals surface area contributed by atoms with Crippen molar-refractivity contribution in [2.24, 2.45) is 5.41 Å².